The van der Waals surface area contributed by atoms with Crippen LogP contribution in [-0.4, -0.2) is 46.5 Å². The van der Waals surface area contributed by atoms with Gasteiger partial charge in [-0.2, -0.15) is 0 Å². The molecule has 0 radical (unpaired) electrons. The van der Waals surface area contributed by atoms with Gasteiger partial charge in [0.25, 0.3) is 0 Å². The third kappa shape index (κ3) is 5.68. The van der Waals surface area contributed by atoms with Gasteiger partial charge in [-0.1, -0.05) is 0 Å². The molecule has 2 heterocycles. The molecular formula is C30H27FN2O8S. The number of hydrogen-bond acceptors (Lipinski definition) is 8. The van der Waals surface area contributed by atoms with Gasteiger partial charge in [-0.05, 0) is 78.9 Å². The summed E-state index contributed by atoms with van der Waals surface area (Å²) in [6.07, 6.45) is 1.62. The van der Waals surface area contributed by atoms with Crippen molar-refractivity contribution in [2.24, 2.45) is 11.7 Å². The minimum Gasteiger partial charge on any atom is -0.457 e. The molecule has 1 aliphatic carbocycles. The van der Waals surface area contributed by atoms with Gasteiger partial charge in [-0.15, -0.1) is 0 Å². The summed E-state index contributed by atoms with van der Waals surface area (Å²) in [6, 6.07) is 15.5. The van der Waals surface area contributed by atoms with Crippen molar-refractivity contribution in [1.29, 1.82) is 0 Å². The molecule has 3 aromatic carbocycles. The zero-order valence-corrected chi connectivity index (χ0v) is 23.4. The van der Waals surface area contributed by atoms with Crippen LogP contribution in [0.5, 0.6) is 11.5 Å². The van der Waals surface area contributed by atoms with Crippen molar-refractivity contribution in [3.63, 3.8) is 0 Å². The van der Waals surface area contributed by atoms with Gasteiger partial charge in [-0.25, -0.2) is 22.4 Å². The Hall–Kier alpha value is -4.42. The number of ether oxygens (including phenoxy) is 3. The summed E-state index contributed by atoms with van der Waals surface area (Å²) in [5.41, 5.74) is 7.11. The highest BCUT2D eigenvalue weighted by Crippen LogP contribution is 2.48. The van der Waals surface area contributed by atoms with Crippen LogP contribution in [0.15, 0.2) is 65.1 Å². The van der Waals surface area contributed by atoms with Crippen LogP contribution in [0, 0.1) is 11.7 Å². The van der Waals surface area contributed by atoms with Gasteiger partial charge in [-0.3, -0.25) is 4.31 Å². The molecule has 2 fully saturated rings. The van der Waals surface area contributed by atoms with E-state index in [0.717, 1.165) is 24.7 Å². The van der Waals surface area contributed by atoms with E-state index >= 15 is 0 Å². The van der Waals surface area contributed by atoms with E-state index in [1.54, 1.807) is 36.4 Å². The number of carbonyl (C=O) groups excluding carboxylic acids is 2. The zero-order valence-electron chi connectivity index (χ0n) is 22.5. The smallest absolute Gasteiger partial charge is 0.412 e. The maximum absolute atomic E-state index is 13.2. The summed E-state index contributed by atoms with van der Waals surface area (Å²) >= 11 is 0. The molecule has 0 atom stereocenters. The van der Waals surface area contributed by atoms with Gasteiger partial charge in [0, 0.05) is 29.5 Å². The Morgan fingerprint density at radius 2 is 1.67 bits per heavy atom. The molecular weight excluding hydrogens is 567 g/mol. The molecule has 10 nitrogen and oxygen atoms in total. The Morgan fingerprint density at radius 3 is 2.21 bits per heavy atom. The first-order chi connectivity index (χ1) is 20.1. The molecule has 1 amide bonds. The Bertz CT molecular complexity index is 1780. The highest BCUT2D eigenvalue weighted by Gasteiger charge is 2.35. The van der Waals surface area contributed by atoms with Gasteiger partial charge < -0.3 is 24.4 Å². The Kier molecular flexibility index (Phi) is 7.11. The number of nitrogens with zero attached hydrogens (tertiary/aromatic N) is 1. The fraction of sp³-hybridized carbons (Fsp3) is 0.267. The quantitative estimate of drug-likeness (QED) is 0.196. The number of furan rings is 1. The van der Waals surface area contributed by atoms with Crippen molar-refractivity contribution in [3.8, 4) is 22.8 Å². The maximum atomic E-state index is 13.2. The van der Waals surface area contributed by atoms with Crippen LogP contribution in [0.25, 0.3) is 22.3 Å². The molecule has 218 valence electrons. The van der Waals surface area contributed by atoms with Crippen LogP contribution < -0.4 is 14.8 Å². The van der Waals surface area contributed by atoms with Gasteiger partial charge >= 0.3 is 12.1 Å². The summed E-state index contributed by atoms with van der Waals surface area (Å²) in [7, 11) is -3.66. The fourth-order valence-corrected chi connectivity index (χ4v) is 5.98. The molecule has 0 spiro atoms. The van der Waals surface area contributed by atoms with Crippen molar-refractivity contribution in [2.75, 3.05) is 30.3 Å². The normalized spacial score (nSPS) is 15.3. The predicted molar refractivity (Wildman–Crippen MR) is 152 cm³/mol. The SMILES string of the molecule is CS(=O)(=O)N(CC1COC1)c1cc2oc(-c3ccc(Oc4ccc(F)cc4)cc3)c(C(=O)OC(N)=O)c2cc1C1CC1. The van der Waals surface area contributed by atoms with Crippen LogP contribution in [0.3, 0.4) is 0 Å². The number of fused-ring (bicyclic) bond motifs is 1. The summed E-state index contributed by atoms with van der Waals surface area (Å²) in [5, 5.41) is 0.369. The standard InChI is InChI=1S/C30H27FN2O8S/c1-42(36,37)33(14-17-15-38-16-17)25-13-26-24(12-23(25)18-2-3-18)27(29(34)41-30(32)35)28(40-26)19-4-8-21(9-5-19)39-22-10-6-20(31)7-11-22/h4-13,17-18H,2-3,14-16H2,1H3,(H2,32,35). The van der Waals surface area contributed by atoms with Gasteiger partial charge in [0.1, 0.15) is 34.2 Å². The number of nitrogens with two attached hydrogens (primary N) is 1. The average Bonchev–Trinajstić information content (AvgIpc) is 3.68. The fourth-order valence-electron chi connectivity index (χ4n) is 4.98. The first-order valence-corrected chi connectivity index (χ1v) is 15.1. The van der Waals surface area contributed by atoms with Crippen molar-refractivity contribution in [1.82, 2.24) is 0 Å². The molecule has 1 aromatic heterocycles. The lowest BCUT2D eigenvalue weighted by molar-refractivity contribution is -0.0262. The number of primary amides is 1. The van der Waals surface area contributed by atoms with Gasteiger partial charge in [0.05, 0.1) is 25.2 Å². The van der Waals surface area contributed by atoms with E-state index in [2.05, 4.69) is 0 Å². The lowest BCUT2D eigenvalue weighted by atomic mass is 10.0. The van der Waals surface area contributed by atoms with Crippen molar-refractivity contribution in [2.45, 2.75) is 18.8 Å². The van der Waals surface area contributed by atoms with Gasteiger partial charge in [0.15, 0.2) is 0 Å². The highest BCUT2D eigenvalue weighted by molar-refractivity contribution is 7.92. The third-order valence-electron chi connectivity index (χ3n) is 7.22. The number of carbonyl (C=O) groups is 2. The number of benzene rings is 3. The van der Waals surface area contributed by atoms with Gasteiger partial charge in [0.2, 0.25) is 10.0 Å². The number of rotatable bonds is 9. The van der Waals surface area contributed by atoms with E-state index < -0.39 is 22.1 Å². The number of esters is 1. The second-order valence-electron chi connectivity index (χ2n) is 10.5. The van der Waals surface area contributed by atoms with E-state index in [-0.39, 0.29) is 41.1 Å². The van der Waals surface area contributed by atoms with Crippen LogP contribution in [0.1, 0.15) is 34.7 Å². The first kappa shape index (κ1) is 27.7. The van der Waals surface area contributed by atoms with Crippen molar-refractivity contribution < 1.29 is 41.0 Å². The average molecular weight is 595 g/mol. The lowest BCUT2D eigenvalue weighted by Crippen LogP contribution is -2.42. The summed E-state index contributed by atoms with van der Waals surface area (Å²) in [5.74, 6) is -0.222. The molecule has 2 aliphatic rings. The second-order valence-corrected chi connectivity index (χ2v) is 12.4. The Labute approximate surface area is 240 Å². The Balaban J connectivity index is 1.45. The van der Waals surface area contributed by atoms with E-state index in [9.17, 15) is 22.4 Å². The second kappa shape index (κ2) is 10.8. The minimum atomic E-state index is -3.66. The first-order valence-electron chi connectivity index (χ1n) is 13.3. The van der Waals surface area contributed by atoms with E-state index in [1.807, 2.05) is 0 Å². The van der Waals surface area contributed by atoms with Crippen molar-refractivity contribution >= 4 is 38.7 Å². The predicted octanol–water partition coefficient (Wildman–Crippen LogP) is 5.56. The summed E-state index contributed by atoms with van der Waals surface area (Å²) < 4.78 is 62.5. The largest absolute Gasteiger partial charge is 0.457 e. The van der Waals surface area contributed by atoms with E-state index in [4.69, 9.17) is 24.4 Å². The minimum absolute atomic E-state index is 0.0113. The third-order valence-corrected chi connectivity index (χ3v) is 8.36. The highest BCUT2D eigenvalue weighted by atomic mass is 32.2. The molecule has 1 saturated carbocycles. The van der Waals surface area contributed by atoms with E-state index in [1.165, 1.54) is 28.6 Å². The summed E-state index contributed by atoms with van der Waals surface area (Å²) in [4.78, 5) is 24.7. The molecule has 42 heavy (non-hydrogen) atoms. The van der Waals surface area contributed by atoms with Crippen molar-refractivity contribution in [3.05, 3.63) is 77.6 Å². The number of hydrogen-bond donors (Lipinski definition) is 1. The Morgan fingerprint density at radius 1 is 1.02 bits per heavy atom. The zero-order chi connectivity index (χ0) is 29.6. The molecule has 6 rings (SSSR count). The molecule has 0 bridgehead atoms. The number of sulfonamides is 1. The van der Waals surface area contributed by atoms with E-state index in [0.29, 0.717) is 41.3 Å². The molecule has 12 heteroatoms. The van der Waals surface area contributed by atoms with Crippen LogP contribution in [-0.2, 0) is 19.5 Å². The number of anilines is 1. The number of halogens is 1. The lowest BCUT2D eigenvalue weighted by Gasteiger charge is -2.33. The molecule has 1 saturated heterocycles. The summed E-state index contributed by atoms with van der Waals surface area (Å²) in [6.45, 7) is 1.20. The van der Waals surface area contributed by atoms with Crippen LogP contribution >= 0.6 is 0 Å². The monoisotopic (exact) mass is 594 g/mol. The number of amides is 1. The molecule has 1 aliphatic heterocycles. The maximum Gasteiger partial charge on any atom is 0.412 e. The topological polar surface area (TPSA) is 138 Å². The van der Waals surface area contributed by atoms with Crippen LogP contribution in [0.4, 0.5) is 14.9 Å². The van der Waals surface area contributed by atoms with Crippen LogP contribution in [0.2, 0.25) is 0 Å². The molecule has 4 aromatic rings. The molecule has 2 N–H and O–H groups in total. The molecule has 0 unspecified atom stereocenters.